The van der Waals surface area contributed by atoms with Crippen molar-refractivity contribution in [2.75, 3.05) is 19.6 Å². The van der Waals surface area contributed by atoms with Crippen LogP contribution in [0.2, 0.25) is 0 Å². The minimum atomic E-state index is 0.0963. The summed E-state index contributed by atoms with van der Waals surface area (Å²) in [4.78, 5) is 13.7. The van der Waals surface area contributed by atoms with E-state index in [-0.39, 0.29) is 6.03 Å². The minimum Gasteiger partial charge on any atom is -0.338 e. The summed E-state index contributed by atoms with van der Waals surface area (Å²) in [5.74, 6) is 0.517. The molecule has 0 rings (SSSR count). The molecule has 3 heteroatoms. The van der Waals surface area contributed by atoms with Gasteiger partial charge in [0.05, 0.1) is 0 Å². The fourth-order valence-corrected chi connectivity index (χ4v) is 1.34. The first-order valence-electron chi connectivity index (χ1n) is 6.14. The average Bonchev–Trinajstić information content (AvgIpc) is 2.20. The molecule has 0 aromatic heterocycles. The minimum absolute atomic E-state index is 0.0963. The third-order valence-electron chi connectivity index (χ3n) is 2.22. The van der Waals surface area contributed by atoms with Crippen LogP contribution in [0.5, 0.6) is 0 Å². The van der Waals surface area contributed by atoms with Crippen LogP contribution in [-0.4, -0.2) is 30.6 Å². The number of nitrogens with one attached hydrogen (secondary N) is 1. The standard InChI is InChI=1S/C12H26N2O/c1-5-7-9-14(8-6-2)12(15)13-10-11(3)4/h11H,5-10H2,1-4H3,(H,13,15). The summed E-state index contributed by atoms with van der Waals surface area (Å²) in [6.07, 6.45) is 3.26. The van der Waals surface area contributed by atoms with Crippen LogP contribution in [0.25, 0.3) is 0 Å². The van der Waals surface area contributed by atoms with E-state index < -0.39 is 0 Å². The molecule has 0 saturated carbocycles. The summed E-state index contributed by atoms with van der Waals surface area (Å²) in [5.41, 5.74) is 0. The van der Waals surface area contributed by atoms with E-state index >= 15 is 0 Å². The van der Waals surface area contributed by atoms with Crippen molar-refractivity contribution in [3.63, 3.8) is 0 Å². The van der Waals surface area contributed by atoms with Gasteiger partial charge < -0.3 is 10.2 Å². The highest BCUT2D eigenvalue weighted by atomic mass is 16.2. The maximum absolute atomic E-state index is 11.8. The molecule has 0 radical (unpaired) electrons. The van der Waals surface area contributed by atoms with E-state index in [0.29, 0.717) is 5.92 Å². The van der Waals surface area contributed by atoms with Crippen molar-refractivity contribution >= 4 is 6.03 Å². The monoisotopic (exact) mass is 214 g/mol. The third-order valence-corrected chi connectivity index (χ3v) is 2.22. The molecule has 0 fully saturated rings. The van der Waals surface area contributed by atoms with Crippen molar-refractivity contribution in [2.24, 2.45) is 5.92 Å². The largest absolute Gasteiger partial charge is 0.338 e. The third kappa shape index (κ3) is 7.23. The molecule has 0 bridgehead atoms. The maximum atomic E-state index is 11.8. The van der Waals surface area contributed by atoms with Crippen molar-refractivity contribution in [2.45, 2.75) is 47.0 Å². The molecule has 1 N–H and O–H groups in total. The van der Waals surface area contributed by atoms with Crippen molar-refractivity contribution in [3.8, 4) is 0 Å². The topological polar surface area (TPSA) is 32.3 Å². The predicted molar refractivity (Wildman–Crippen MR) is 65.0 cm³/mol. The van der Waals surface area contributed by atoms with Crippen LogP contribution in [0.3, 0.4) is 0 Å². The molecule has 2 amide bonds. The van der Waals surface area contributed by atoms with Gasteiger partial charge in [0, 0.05) is 19.6 Å². The van der Waals surface area contributed by atoms with Gasteiger partial charge in [0.1, 0.15) is 0 Å². The highest BCUT2D eigenvalue weighted by molar-refractivity contribution is 5.74. The van der Waals surface area contributed by atoms with E-state index in [1.165, 1.54) is 0 Å². The number of rotatable bonds is 7. The summed E-state index contributed by atoms with van der Waals surface area (Å²) in [6.45, 7) is 11.0. The van der Waals surface area contributed by atoms with Crippen molar-refractivity contribution in [1.29, 1.82) is 0 Å². The molecule has 0 aliphatic heterocycles. The number of carbonyl (C=O) groups is 1. The van der Waals surface area contributed by atoms with Crippen LogP contribution in [0.4, 0.5) is 4.79 Å². The van der Waals surface area contributed by atoms with Gasteiger partial charge in [-0.25, -0.2) is 4.79 Å². The molecule has 0 saturated heterocycles. The molecule has 0 aliphatic carbocycles. The second kappa shape index (κ2) is 8.57. The number of hydrogen-bond acceptors (Lipinski definition) is 1. The Balaban J connectivity index is 3.92. The maximum Gasteiger partial charge on any atom is 0.317 e. The Morgan fingerprint density at radius 3 is 2.33 bits per heavy atom. The number of nitrogens with zero attached hydrogens (tertiary/aromatic N) is 1. The summed E-state index contributed by atoms with van der Waals surface area (Å²) in [6, 6.07) is 0.0963. The molecule has 3 nitrogen and oxygen atoms in total. The Morgan fingerprint density at radius 2 is 1.87 bits per heavy atom. The lowest BCUT2D eigenvalue weighted by atomic mass is 10.2. The van der Waals surface area contributed by atoms with Gasteiger partial charge >= 0.3 is 6.03 Å². The van der Waals surface area contributed by atoms with Crippen LogP contribution >= 0.6 is 0 Å². The average molecular weight is 214 g/mol. The predicted octanol–water partition coefficient (Wildman–Crippen LogP) is 2.86. The van der Waals surface area contributed by atoms with Gasteiger partial charge in [0.2, 0.25) is 0 Å². The SMILES string of the molecule is CCCCN(CCC)C(=O)NCC(C)C. The molecular weight excluding hydrogens is 188 g/mol. The van der Waals surface area contributed by atoms with Crippen molar-refractivity contribution in [3.05, 3.63) is 0 Å². The molecule has 0 aromatic carbocycles. The molecule has 0 aromatic rings. The fourth-order valence-electron chi connectivity index (χ4n) is 1.34. The van der Waals surface area contributed by atoms with Gasteiger partial charge in [-0.2, -0.15) is 0 Å². The highest BCUT2D eigenvalue weighted by Gasteiger charge is 2.11. The first kappa shape index (κ1) is 14.3. The van der Waals surface area contributed by atoms with Crippen LogP contribution in [0.1, 0.15) is 47.0 Å². The summed E-state index contributed by atoms with van der Waals surface area (Å²) in [7, 11) is 0. The van der Waals surface area contributed by atoms with Crippen molar-refractivity contribution in [1.82, 2.24) is 10.2 Å². The molecule has 0 heterocycles. The summed E-state index contributed by atoms with van der Waals surface area (Å²) >= 11 is 0. The molecule has 15 heavy (non-hydrogen) atoms. The lowest BCUT2D eigenvalue weighted by molar-refractivity contribution is 0.195. The molecule has 0 unspecified atom stereocenters. The van der Waals surface area contributed by atoms with E-state index in [4.69, 9.17) is 0 Å². The zero-order chi connectivity index (χ0) is 11.7. The van der Waals surface area contributed by atoms with Crippen LogP contribution in [-0.2, 0) is 0 Å². The Morgan fingerprint density at radius 1 is 1.20 bits per heavy atom. The second-order valence-corrected chi connectivity index (χ2v) is 4.42. The molecule has 90 valence electrons. The Hall–Kier alpha value is -0.730. The number of urea groups is 1. The summed E-state index contributed by atoms with van der Waals surface area (Å²) < 4.78 is 0. The van der Waals surface area contributed by atoms with Crippen LogP contribution in [0, 0.1) is 5.92 Å². The zero-order valence-corrected chi connectivity index (χ0v) is 10.7. The van der Waals surface area contributed by atoms with Gasteiger partial charge in [-0.05, 0) is 18.8 Å². The summed E-state index contributed by atoms with van der Waals surface area (Å²) in [5, 5.41) is 2.96. The highest BCUT2D eigenvalue weighted by Crippen LogP contribution is 1.98. The van der Waals surface area contributed by atoms with Gasteiger partial charge in [-0.3, -0.25) is 0 Å². The lowest BCUT2D eigenvalue weighted by Crippen LogP contribution is -2.42. The van der Waals surface area contributed by atoms with Crippen LogP contribution < -0.4 is 5.32 Å². The van der Waals surface area contributed by atoms with E-state index in [0.717, 1.165) is 38.9 Å². The second-order valence-electron chi connectivity index (χ2n) is 4.42. The number of amides is 2. The van der Waals surface area contributed by atoms with Gasteiger partial charge in [0.15, 0.2) is 0 Å². The van der Waals surface area contributed by atoms with Crippen LogP contribution in [0.15, 0.2) is 0 Å². The Bertz CT molecular complexity index is 169. The van der Waals surface area contributed by atoms with E-state index in [9.17, 15) is 4.79 Å². The Labute approximate surface area is 94.2 Å². The fraction of sp³-hybridized carbons (Fsp3) is 0.917. The molecular formula is C12H26N2O. The number of hydrogen-bond donors (Lipinski definition) is 1. The van der Waals surface area contributed by atoms with Gasteiger partial charge in [-0.15, -0.1) is 0 Å². The van der Waals surface area contributed by atoms with Gasteiger partial charge in [-0.1, -0.05) is 34.1 Å². The number of carbonyl (C=O) groups excluding carboxylic acids is 1. The zero-order valence-electron chi connectivity index (χ0n) is 10.7. The molecule has 0 aliphatic rings. The van der Waals surface area contributed by atoms with E-state index in [1.54, 1.807) is 0 Å². The first-order chi connectivity index (χ1) is 7.11. The normalized spacial score (nSPS) is 10.5. The smallest absolute Gasteiger partial charge is 0.317 e. The van der Waals surface area contributed by atoms with Gasteiger partial charge in [0.25, 0.3) is 0 Å². The first-order valence-corrected chi connectivity index (χ1v) is 6.14. The lowest BCUT2D eigenvalue weighted by Gasteiger charge is -2.22. The van der Waals surface area contributed by atoms with E-state index in [1.807, 2.05) is 4.90 Å². The Kier molecular flexibility index (Phi) is 8.15. The van der Waals surface area contributed by atoms with E-state index in [2.05, 4.69) is 33.0 Å². The number of unbranched alkanes of at least 4 members (excludes halogenated alkanes) is 1. The quantitative estimate of drug-likeness (QED) is 0.694. The molecule has 0 atom stereocenters. The molecule has 0 spiro atoms. The van der Waals surface area contributed by atoms with Crippen molar-refractivity contribution < 1.29 is 4.79 Å².